The summed E-state index contributed by atoms with van der Waals surface area (Å²) in [6, 6.07) is 10.8. The van der Waals surface area contributed by atoms with Gasteiger partial charge in [-0.05, 0) is 35.4 Å². The van der Waals surface area contributed by atoms with E-state index in [2.05, 4.69) is 10.5 Å². The van der Waals surface area contributed by atoms with Crippen LogP contribution in [0.2, 0.25) is 0 Å². The summed E-state index contributed by atoms with van der Waals surface area (Å²) in [5.74, 6) is -2.16. The van der Waals surface area contributed by atoms with E-state index >= 15 is 0 Å². The van der Waals surface area contributed by atoms with E-state index in [1.54, 1.807) is 0 Å². The van der Waals surface area contributed by atoms with Crippen molar-refractivity contribution in [3.05, 3.63) is 71.0 Å². The van der Waals surface area contributed by atoms with E-state index in [1.165, 1.54) is 54.7 Å². The maximum absolute atomic E-state index is 12.7. The lowest BCUT2D eigenvalue weighted by Gasteiger charge is -2.02. The molecule has 2 aromatic rings. The zero-order chi connectivity index (χ0) is 15.2. The van der Waals surface area contributed by atoms with Gasteiger partial charge in [-0.1, -0.05) is 24.3 Å². The molecule has 1 amide bonds. The van der Waals surface area contributed by atoms with Crippen LogP contribution in [0.1, 0.15) is 26.3 Å². The molecule has 0 bridgehead atoms. The van der Waals surface area contributed by atoms with E-state index in [4.69, 9.17) is 0 Å². The molecule has 0 aromatic heterocycles. The highest BCUT2D eigenvalue weighted by Crippen LogP contribution is 2.03. The Morgan fingerprint density at radius 1 is 1.00 bits per heavy atom. The van der Waals surface area contributed by atoms with Crippen LogP contribution in [-0.2, 0) is 0 Å². The summed E-state index contributed by atoms with van der Waals surface area (Å²) in [5, 5.41) is 14.3. The predicted molar refractivity (Wildman–Crippen MR) is 72.2 cm³/mol. The number of hydrogen-bond donors (Lipinski definition) is 1. The molecule has 0 aliphatic heterocycles. The number of halogens is 1. The standard InChI is InChI=1S/C15H11FN2O3/c16-13-7-5-11(6-8-13)14(19)18-17-9-10-1-3-12(4-2-10)15(20)21/h1-9H,(H,18,19)(H,20,21)/p-1. The van der Waals surface area contributed by atoms with Crippen molar-refractivity contribution in [2.75, 3.05) is 0 Å². The maximum Gasteiger partial charge on any atom is 0.271 e. The minimum atomic E-state index is -1.26. The van der Waals surface area contributed by atoms with Crippen molar-refractivity contribution in [3.63, 3.8) is 0 Å². The fraction of sp³-hybridized carbons (Fsp3) is 0. The summed E-state index contributed by atoms with van der Waals surface area (Å²) in [5.41, 5.74) is 3.23. The number of carbonyl (C=O) groups is 2. The van der Waals surface area contributed by atoms with Crippen LogP contribution in [0, 0.1) is 5.82 Å². The maximum atomic E-state index is 12.7. The lowest BCUT2D eigenvalue weighted by Crippen LogP contribution is -2.22. The van der Waals surface area contributed by atoms with Crippen molar-refractivity contribution in [1.82, 2.24) is 5.43 Å². The molecule has 106 valence electrons. The summed E-state index contributed by atoms with van der Waals surface area (Å²) in [6.45, 7) is 0. The van der Waals surface area contributed by atoms with E-state index in [0.717, 1.165) is 0 Å². The number of amides is 1. The van der Waals surface area contributed by atoms with Gasteiger partial charge >= 0.3 is 0 Å². The number of aromatic carboxylic acids is 1. The van der Waals surface area contributed by atoms with Gasteiger partial charge in [0.15, 0.2) is 0 Å². The molecule has 0 heterocycles. The number of benzene rings is 2. The normalized spacial score (nSPS) is 10.5. The van der Waals surface area contributed by atoms with Crippen molar-refractivity contribution in [1.29, 1.82) is 0 Å². The molecule has 0 saturated heterocycles. The van der Waals surface area contributed by atoms with Crippen LogP contribution in [-0.4, -0.2) is 18.1 Å². The Balaban J connectivity index is 1.97. The minimum absolute atomic E-state index is 0.0579. The third-order valence-electron chi connectivity index (χ3n) is 2.63. The molecule has 2 rings (SSSR count). The second kappa shape index (κ2) is 6.42. The molecule has 0 saturated carbocycles. The van der Waals surface area contributed by atoms with Gasteiger partial charge in [0.2, 0.25) is 0 Å². The van der Waals surface area contributed by atoms with Crippen molar-refractivity contribution in [2.45, 2.75) is 0 Å². The van der Waals surface area contributed by atoms with Crippen LogP contribution in [0.25, 0.3) is 0 Å². The third-order valence-corrected chi connectivity index (χ3v) is 2.63. The van der Waals surface area contributed by atoms with Crippen LogP contribution in [0.15, 0.2) is 53.6 Å². The molecular formula is C15H10FN2O3-. The fourth-order valence-corrected chi connectivity index (χ4v) is 1.54. The summed E-state index contributed by atoms with van der Waals surface area (Å²) in [7, 11) is 0. The Morgan fingerprint density at radius 3 is 2.14 bits per heavy atom. The molecular weight excluding hydrogens is 275 g/mol. The first-order chi connectivity index (χ1) is 10.1. The van der Waals surface area contributed by atoms with Gasteiger partial charge in [0, 0.05) is 5.56 Å². The Labute approximate surface area is 119 Å². The predicted octanol–water partition coefficient (Wildman–Crippen LogP) is 0.953. The lowest BCUT2D eigenvalue weighted by molar-refractivity contribution is -0.255. The molecule has 0 unspecified atom stereocenters. The topological polar surface area (TPSA) is 81.6 Å². The summed E-state index contributed by atoms with van der Waals surface area (Å²) >= 11 is 0. The number of hydrazone groups is 1. The zero-order valence-electron chi connectivity index (χ0n) is 10.7. The van der Waals surface area contributed by atoms with E-state index in [0.29, 0.717) is 5.56 Å². The molecule has 0 fully saturated rings. The SMILES string of the molecule is O=C([O-])c1ccc(C=NNC(=O)c2ccc(F)cc2)cc1. The van der Waals surface area contributed by atoms with Gasteiger partial charge in [-0.3, -0.25) is 4.79 Å². The third kappa shape index (κ3) is 3.97. The Hall–Kier alpha value is -3.02. The highest BCUT2D eigenvalue weighted by molar-refractivity contribution is 5.95. The Kier molecular flexibility index (Phi) is 4.40. The zero-order valence-corrected chi connectivity index (χ0v) is 10.7. The molecule has 5 nitrogen and oxygen atoms in total. The number of nitrogens with one attached hydrogen (secondary N) is 1. The lowest BCUT2D eigenvalue weighted by atomic mass is 10.1. The van der Waals surface area contributed by atoms with Gasteiger partial charge in [0.05, 0.1) is 12.2 Å². The summed E-state index contributed by atoms with van der Waals surface area (Å²) < 4.78 is 12.7. The molecule has 2 aromatic carbocycles. The number of carboxylic acids is 1. The smallest absolute Gasteiger partial charge is 0.271 e. The highest BCUT2D eigenvalue weighted by Gasteiger charge is 2.03. The number of hydrogen-bond acceptors (Lipinski definition) is 4. The van der Waals surface area contributed by atoms with Crippen molar-refractivity contribution < 1.29 is 19.1 Å². The average Bonchev–Trinajstić information content (AvgIpc) is 2.48. The van der Waals surface area contributed by atoms with Crippen LogP contribution in [0.4, 0.5) is 4.39 Å². The first kappa shape index (κ1) is 14.4. The van der Waals surface area contributed by atoms with Gasteiger partial charge in [-0.15, -0.1) is 0 Å². The van der Waals surface area contributed by atoms with Crippen LogP contribution >= 0.6 is 0 Å². The second-order valence-corrected chi connectivity index (χ2v) is 4.12. The number of rotatable bonds is 4. The monoisotopic (exact) mass is 285 g/mol. The van der Waals surface area contributed by atoms with Crippen LogP contribution in [0.5, 0.6) is 0 Å². The van der Waals surface area contributed by atoms with E-state index in [-0.39, 0.29) is 11.1 Å². The van der Waals surface area contributed by atoms with Crippen molar-refractivity contribution in [2.24, 2.45) is 5.10 Å². The van der Waals surface area contributed by atoms with Gasteiger partial charge in [0.1, 0.15) is 5.82 Å². The van der Waals surface area contributed by atoms with Gasteiger partial charge < -0.3 is 9.90 Å². The summed E-state index contributed by atoms with van der Waals surface area (Å²) in [6.07, 6.45) is 1.36. The largest absolute Gasteiger partial charge is 0.545 e. The second-order valence-electron chi connectivity index (χ2n) is 4.12. The van der Waals surface area contributed by atoms with Gasteiger partial charge in [-0.2, -0.15) is 5.10 Å². The Bertz CT molecular complexity index is 679. The molecule has 0 radical (unpaired) electrons. The molecule has 1 N–H and O–H groups in total. The quantitative estimate of drug-likeness (QED) is 0.671. The van der Waals surface area contributed by atoms with E-state index < -0.39 is 17.7 Å². The van der Waals surface area contributed by atoms with Crippen molar-refractivity contribution in [3.8, 4) is 0 Å². The molecule has 0 aliphatic rings. The molecule has 21 heavy (non-hydrogen) atoms. The fourth-order valence-electron chi connectivity index (χ4n) is 1.54. The average molecular weight is 285 g/mol. The van der Waals surface area contributed by atoms with E-state index in [1.807, 2.05) is 0 Å². The van der Waals surface area contributed by atoms with Crippen molar-refractivity contribution >= 4 is 18.1 Å². The first-order valence-electron chi connectivity index (χ1n) is 5.96. The number of carboxylic acid groups (broad SMARTS) is 1. The molecule has 0 aliphatic carbocycles. The van der Waals surface area contributed by atoms with E-state index in [9.17, 15) is 19.1 Å². The number of nitrogens with zero attached hydrogens (tertiary/aromatic N) is 1. The Morgan fingerprint density at radius 2 is 1.57 bits per heavy atom. The molecule has 6 heteroatoms. The molecule has 0 spiro atoms. The first-order valence-corrected chi connectivity index (χ1v) is 5.96. The summed E-state index contributed by atoms with van der Waals surface area (Å²) in [4.78, 5) is 22.2. The van der Waals surface area contributed by atoms with Gasteiger partial charge in [-0.25, -0.2) is 9.82 Å². The van der Waals surface area contributed by atoms with Crippen LogP contribution in [0.3, 0.4) is 0 Å². The molecule has 0 atom stereocenters. The minimum Gasteiger partial charge on any atom is -0.545 e. The number of carbonyl (C=O) groups excluding carboxylic acids is 2. The van der Waals surface area contributed by atoms with Crippen LogP contribution < -0.4 is 10.5 Å². The highest BCUT2D eigenvalue weighted by atomic mass is 19.1. The van der Waals surface area contributed by atoms with Gasteiger partial charge in [0.25, 0.3) is 5.91 Å².